The highest BCUT2D eigenvalue weighted by molar-refractivity contribution is 7.92. The van der Waals surface area contributed by atoms with Gasteiger partial charge in [-0.1, -0.05) is 25.0 Å². The van der Waals surface area contributed by atoms with Gasteiger partial charge in [0.1, 0.15) is 29.4 Å². The van der Waals surface area contributed by atoms with Crippen molar-refractivity contribution in [2.24, 2.45) is 0 Å². The molecule has 0 aliphatic heterocycles. The average Bonchev–Trinajstić information content (AvgIpc) is 3.46. The van der Waals surface area contributed by atoms with E-state index in [9.17, 15) is 22.0 Å². The molecule has 0 amide bonds. The number of ketones is 1. The molecule has 2 heterocycles. The number of nitrogens with one attached hydrogen (secondary N) is 1. The minimum Gasteiger partial charge on any atom is -0.383 e. The lowest BCUT2D eigenvalue weighted by molar-refractivity contribution is 0.104. The van der Waals surface area contributed by atoms with Crippen molar-refractivity contribution in [1.82, 2.24) is 14.5 Å². The van der Waals surface area contributed by atoms with Gasteiger partial charge in [-0.05, 0) is 37.1 Å². The molecule has 180 valence electrons. The number of halogens is 2. The molecule has 3 N–H and O–H groups in total. The van der Waals surface area contributed by atoms with Crippen LogP contribution in [0, 0.1) is 11.6 Å². The Morgan fingerprint density at radius 3 is 2.49 bits per heavy atom. The molecule has 1 aliphatic rings. The number of fused-ring (bicyclic) bond motifs is 1. The van der Waals surface area contributed by atoms with Gasteiger partial charge < -0.3 is 10.3 Å². The number of hydrogen-bond acceptors (Lipinski definition) is 6. The summed E-state index contributed by atoms with van der Waals surface area (Å²) in [6.07, 6.45) is 7.22. The number of anilines is 2. The molecule has 1 saturated carbocycles. The van der Waals surface area contributed by atoms with Crippen molar-refractivity contribution in [3.8, 4) is 0 Å². The number of hydrogen-bond donors (Lipinski definition) is 2. The van der Waals surface area contributed by atoms with E-state index in [1.807, 2.05) is 4.57 Å². The van der Waals surface area contributed by atoms with E-state index in [1.54, 1.807) is 12.3 Å². The SMILES string of the molecule is Nc1ncnc2c1c(C(=O)c1cccc(NS(=O)(=O)c3cc(F)cc(F)c3)c1)cn2C1CCCC1. The van der Waals surface area contributed by atoms with Gasteiger partial charge in [-0.3, -0.25) is 9.52 Å². The van der Waals surface area contributed by atoms with Crippen LogP contribution in [0.3, 0.4) is 0 Å². The third-order valence-corrected chi connectivity index (χ3v) is 7.49. The summed E-state index contributed by atoms with van der Waals surface area (Å²) in [6, 6.07) is 8.04. The first-order valence-electron chi connectivity index (χ1n) is 11.0. The Kier molecular flexibility index (Phi) is 5.72. The van der Waals surface area contributed by atoms with Crippen LogP contribution in [0.1, 0.15) is 47.6 Å². The molecule has 4 aromatic rings. The van der Waals surface area contributed by atoms with Crippen molar-refractivity contribution >= 4 is 38.3 Å². The summed E-state index contributed by atoms with van der Waals surface area (Å²) in [7, 11) is -4.30. The van der Waals surface area contributed by atoms with Crippen molar-refractivity contribution in [3.63, 3.8) is 0 Å². The summed E-state index contributed by atoms with van der Waals surface area (Å²) in [4.78, 5) is 21.4. The molecule has 2 aromatic carbocycles. The van der Waals surface area contributed by atoms with Crippen LogP contribution in [0.4, 0.5) is 20.3 Å². The predicted molar refractivity (Wildman–Crippen MR) is 126 cm³/mol. The monoisotopic (exact) mass is 497 g/mol. The molecule has 5 rings (SSSR count). The number of nitrogens with zero attached hydrogens (tertiary/aromatic N) is 3. The van der Waals surface area contributed by atoms with E-state index in [1.165, 1.54) is 24.5 Å². The number of carbonyl (C=O) groups is 1. The van der Waals surface area contributed by atoms with Crippen molar-refractivity contribution in [3.05, 3.63) is 77.8 Å². The number of aromatic nitrogens is 3. The van der Waals surface area contributed by atoms with Gasteiger partial charge in [0, 0.05) is 29.6 Å². The number of carbonyl (C=O) groups excluding carboxylic acids is 1. The van der Waals surface area contributed by atoms with Gasteiger partial charge in [-0.15, -0.1) is 0 Å². The number of benzene rings is 2. The number of nitrogen functional groups attached to an aromatic ring is 1. The van der Waals surface area contributed by atoms with E-state index in [0.717, 1.165) is 25.7 Å². The molecule has 8 nitrogen and oxygen atoms in total. The van der Waals surface area contributed by atoms with E-state index in [-0.39, 0.29) is 28.9 Å². The molecule has 0 saturated heterocycles. The highest BCUT2D eigenvalue weighted by atomic mass is 32.2. The molecular weight excluding hydrogens is 476 g/mol. The van der Waals surface area contributed by atoms with Crippen LogP contribution in [0.2, 0.25) is 0 Å². The zero-order valence-electron chi connectivity index (χ0n) is 18.4. The normalized spacial score (nSPS) is 14.5. The van der Waals surface area contributed by atoms with Crippen LogP contribution in [-0.4, -0.2) is 28.7 Å². The fourth-order valence-corrected chi connectivity index (χ4v) is 5.61. The topological polar surface area (TPSA) is 120 Å². The molecule has 0 bridgehead atoms. The highest BCUT2D eigenvalue weighted by Crippen LogP contribution is 2.35. The minimum atomic E-state index is -4.30. The first kappa shape index (κ1) is 22.9. The van der Waals surface area contributed by atoms with Crippen molar-refractivity contribution < 1.29 is 22.0 Å². The van der Waals surface area contributed by atoms with E-state index in [2.05, 4.69) is 14.7 Å². The van der Waals surface area contributed by atoms with Crippen LogP contribution in [0.5, 0.6) is 0 Å². The summed E-state index contributed by atoms with van der Waals surface area (Å²) >= 11 is 0. The smallest absolute Gasteiger partial charge is 0.262 e. The fraction of sp³-hybridized carbons (Fsp3) is 0.208. The molecule has 2 aromatic heterocycles. The Bertz CT molecular complexity index is 1540. The van der Waals surface area contributed by atoms with Gasteiger partial charge in [-0.2, -0.15) is 0 Å². The number of rotatable bonds is 6. The standard InChI is InChI=1S/C24H21F2N5O3S/c25-15-9-16(26)11-19(10-15)35(33,34)30-17-5-3-4-14(8-17)22(32)20-12-31(18-6-1-2-7-18)24-21(20)23(27)28-13-29-24/h3-5,8-13,18,30H,1-2,6-7H2,(H2,27,28,29). The van der Waals surface area contributed by atoms with Gasteiger partial charge in [0.05, 0.1) is 15.8 Å². The summed E-state index contributed by atoms with van der Waals surface area (Å²) < 4.78 is 56.6. The second-order valence-electron chi connectivity index (χ2n) is 8.47. The molecule has 0 radical (unpaired) electrons. The van der Waals surface area contributed by atoms with Crippen LogP contribution in [0.15, 0.2) is 59.9 Å². The van der Waals surface area contributed by atoms with Gasteiger partial charge in [0.2, 0.25) is 0 Å². The fourth-order valence-electron chi connectivity index (χ4n) is 4.52. The summed E-state index contributed by atoms with van der Waals surface area (Å²) in [5.74, 6) is -2.24. The van der Waals surface area contributed by atoms with Gasteiger partial charge >= 0.3 is 0 Å². The summed E-state index contributed by atoms with van der Waals surface area (Å²) in [5, 5.41) is 0.450. The Labute approximate surface area is 199 Å². The Hall–Kier alpha value is -3.86. The molecular formula is C24H21F2N5O3S. The van der Waals surface area contributed by atoms with Crippen LogP contribution in [0.25, 0.3) is 11.0 Å². The Balaban J connectivity index is 1.51. The summed E-state index contributed by atoms with van der Waals surface area (Å²) in [6.45, 7) is 0. The van der Waals surface area contributed by atoms with Crippen LogP contribution >= 0.6 is 0 Å². The van der Waals surface area contributed by atoms with Crippen molar-refractivity contribution in [1.29, 1.82) is 0 Å². The lowest BCUT2D eigenvalue weighted by Crippen LogP contribution is -2.14. The molecule has 11 heteroatoms. The van der Waals surface area contributed by atoms with Gasteiger partial charge in [0.15, 0.2) is 5.78 Å². The van der Waals surface area contributed by atoms with Crippen LogP contribution in [-0.2, 0) is 10.0 Å². The molecule has 0 unspecified atom stereocenters. The highest BCUT2D eigenvalue weighted by Gasteiger charge is 2.26. The molecule has 0 spiro atoms. The van der Waals surface area contributed by atoms with Crippen molar-refractivity contribution in [2.75, 3.05) is 10.5 Å². The zero-order valence-corrected chi connectivity index (χ0v) is 19.2. The Morgan fingerprint density at radius 1 is 1.06 bits per heavy atom. The van der Waals surface area contributed by atoms with E-state index in [0.29, 0.717) is 34.8 Å². The second kappa shape index (κ2) is 8.73. The third kappa shape index (κ3) is 4.34. The minimum absolute atomic E-state index is 0.0595. The molecule has 1 fully saturated rings. The molecule has 1 aliphatic carbocycles. The lowest BCUT2D eigenvalue weighted by Gasteiger charge is -2.12. The quantitative estimate of drug-likeness (QED) is 0.380. The zero-order chi connectivity index (χ0) is 24.7. The van der Waals surface area contributed by atoms with E-state index in [4.69, 9.17) is 5.73 Å². The third-order valence-electron chi connectivity index (χ3n) is 6.12. The first-order chi connectivity index (χ1) is 16.7. The van der Waals surface area contributed by atoms with Crippen molar-refractivity contribution in [2.45, 2.75) is 36.6 Å². The van der Waals surface area contributed by atoms with E-state index >= 15 is 0 Å². The second-order valence-corrected chi connectivity index (χ2v) is 10.1. The largest absolute Gasteiger partial charge is 0.383 e. The van der Waals surface area contributed by atoms with Gasteiger partial charge in [-0.25, -0.2) is 27.2 Å². The maximum Gasteiger partial charge on any atom is 0.262 e. The number of sulfonamides is 1. The lowest BCUT2D eigenvalue weighted by atomic mass is 10.0. The summed E-state index contributed by atoms with van der Waals surface area (Å²) in [5.41, 5.74) is 7.27. The Morgan fingerprint density at radius 2 is 1.77 bits per heavy atom. The maximum atomic E-state index is 13.5. The molecule has 0 atom stereocenters. The van der Waals surface area contributed by atoms with Crippen LogP contribution < -0.4 is 10.5 Å². The average molecular weight is 498 g/mol. The molecule has 35 heavy (non-hydrogen) atoms. The number of nitrogens with two attached hydrogens (primary N) is 1. The van der Waals surface area contributed by atoms with E-state index < -0.39 is 26.6 Å². The maximum absolute atomic E-state index is 13.5. The van der Waals surface area contributed by atoms with Gasteiger partial charge in [0.25, 0.3) is 10.0 Å². The first-order valence-corrected chi connectivity index (χ1v) is 12.5. The predicted octanol–water partition coefficient (Wildman–Crippen LogP) is 4.44.